The Morgan fingerprint density at radius 3 is 2.50 bits per heavy atom. The highest BCUT2D eigenvalue weighted by atomic mass is 16.6. The van der Waals surface area contributed by atoms with Crippen LogP contribution in [0, 0.1) is 6.92 Å². The lowest BCUT2D eigenvalue weighted by atomic mass is 10.1. The fraction of sp³-hybridized carbons (Fsp3) is 0.357. The van der Waals surface area contributed by atoms with Crippen molar-refractivity contribution in [2.75, 3.05) is 13.2 Å². The van der Waals surface area contributed by atoms with Gasteiger partial charge in [-0.1, -0.05) is 6.07 Å². The van der Waals surface area contributed by atoms with E-state index in [4.69, 9.17) is 9.47 Å². The number of phenolic OH excluding ortho intramolecular Hbond substituents is 1. The van der Waals surface area contributed by atoms with Crippen molar-refractivity contribution in [3.63, 3.8) is 0 Å². The quantitative estimate of drug-likeness (QED) is 0.496. The highest BCUT2D eigenvalue weighted by Gasteiger charge is 2.12. The van der Waals surface area contributed by atoms with Crippen molar-refractivity contribution in [2.24, 2.45) is 0 Å². The average molecular weight is 250 g/mol. The molecule has 0 aliphatic rings. The van der Waals surface area contributed by atoms with E-state index in [-0.39, 0.29) is 11.5 Å². The third-order valence-corrected chi connectivity index (χ3v) is 2.32. The van der Waals surface area contributed by atoms with Gasteiger partial charge in [-0.2, -0.15) is 0 Å². The first-order chi connectivity index (χ1) is 8.58. The molecule has 0 radical (unpaired) electrons. The third-order valence-electron chi connectivity index (χ3n) is 2.32. The summed E-state index contributed by atoms with van der Waals surface area (Å²) in [5.41, 5.74) is 1.67. The maximum Gasteiger partial charge on any atom is 0.373 e. The van der Waals surface area contributed by atoms with Gasteiger partial charge < -0.3 is 14.6 Å². The number of ether oxygens (including phenoxy) is 2. The summed E-state index contributed by atoms with van der Waals surface area (Å²) in [6, 6.07) is 4.91. The van der Waals surface area contributed by atoms with E-state index in [1.165, 1.54) is 0 Å². The van der Waals surface area contributed by atoms with Crippen LogP contribution in [-0.4, -0.2) is 24.3 Å². The van der Waals surface area contributed by atoms with Crippen LogP contribution in [0.4, 0.5) is 0 Å². The van der Waals surface area contributed by atoms with Gasteiger partial charge in [-0.05, 0) is 50.1 Å². The molecule has 18 heavy (non-hydrogen) atoms. The Bertz CT molecular complexity index is 449. The molecule has 1 N–H and O–H groups in total. The zero-order valence-electron chi connectivity index (χ0n) is 10.9. The minimum absolute atomic E-state index is 0.174. The summed E-state index contributed by atoms with van der Waals surface area (Å²) in [7, 11) is 0. The summed E-state index contributed by atoms with van der Waals surface area (Å²) in [4.78, 5) is 11.7. The fourth-order valence-corrected chi connectivity index (χ4v) is 1.48. The van der Waals surface area contributed by atoms with Crippen LogP contribution in [0.2, 0.25) is 0 Å². The van der Waals surface area contributed by atoms with Gasteiger partial charge in [0, 0.05) is 0 Å². The first kappa shape index (κ1) is 14.1. The smallest absolute Gasteiger partial charge is 0.373 e. The number of rotatable bonds is 5. The van der Waals surface area contributed by atoms with Crippen molar-refractivity contribution in [2.45, 2.75) is 20.8 Å². The monoisotopic (exact) mass is 250 g/mol. The Morgan fingerprint density at radius 2 is 1.94 bits per heavy atom. The second-order valence-electron chi connectivity index (χ2n) is 3.70. The van der Waals surface area contributed by atoms with Crippen molar-refractivity contribution < 1.29 is 19.4 Å². The molecule has 0 amide bonds. The summed E-state index contributed by atoms with van der Waals surface area (Å²) in [6.07, 6.45) is 1.62. The first-order valence-electron chi connectivity index (χ1n) is 5.89. The summed E-state index contributed by atoms with van der Waals surface area (Å²) in [5, 5.41) is 9.32. The molecule has 0 saturated carbocycles. The number of carbonyl (C=O) groups excluding carboxylic acids is 1. The van der Waals surface area contributed by atoms with Gasteiger partial charge in [0.15, 0.2) is 0 Å². The largest absolute Gasteiger partial charge is 0.508 e. The molecule has 0 fully saturated rings. The van der Waals surface area contributed by atoms with E-state index in [1.807, 2.05) is 6.92 Å². The lowest BCUT2D eigenvalue weighted by Crippen LogP contribution is -2.10. The summed E-state index contributed by atoms with van der Waals surface area (Å²) >= 11 is 0. The zero-order valence-corrected chi connectivity index (χ0v) is 10.9. The predicted molar refractivity (Wildman–Crippen MR) is 69.1 cm³/mol. The van der Waals surface area contributed by atoms with E-state index in [0.29, 0.717) is 13.2 Å². The normalized spacial score (nSPS) is 11.2. The van der Waals surface area contributed by atoms with Crippen molar-refractivity contribution >= 4 is 12.0 Å². The van der Waals surface area contributed by atoms with Crippen LogP contribution in [-0.2, 0) is 14.3 Å². The second-order valence-corrected chi connectivity index (χ2v) is 3.70. The molecule has 0 aliphatic carbocycles. The molecular formula is C14H18O4. The molecule has 0 aromatic heterocycles. The molecule has 98 valence electrons. The van der Waals surface area contributed by atoms with Crippen molar-refractivity contribution in [3.05, 3.63) is 35.1 Å². The molecular weight excluding hydrogens is 232 g/mol. The number of phenols is 1. The highest BCUT2D eigenvalue weighted by molar-refractivity contribution is 5.91. The minimum Gasteiger partial charge on any atom is -0.508 e. The number of aromatic hydroxyl groups is 1. The van der Waals surface area contributed by atoms with Gasteiger partial charge in [-0.15, -0.1) is 0 Å². The van der Waals surface area contributed by atoms with E-state index >= 15 is 0 Å². The fourth-order valence-electron chi connectivity index (χ4n) is 1.48. The zero-order chi connectivity index (χ0) is 13.5. The van der Waals surface area contributed by atoms with E-state index in [0.717, 1.165) is 11.1 Å². The van der Waals surface area contributed by atoms with E-state index in [1.54, 1.807) is 38.1 Å². The SMILES string of the molecule is CCOC(=O)/C(=C\c1ccc(O)cc1C)OCC. The topological polar surface area (TPSA) is 55.8 Å². The molecule has 1 rings (SSSR count). The van der Waals surface area contributed by atoms with Gasteiger partial charge in [0.1, 0.15) is 5.75 Å². The van der Waals surface area contributed by atoms with Crippen LogP contribution in [0.5, 0.6) is 5.75 Å². The number of hydrogen-bond acceptors (Lipinski definition) is 4. The average Bonchev–Trinajstić information content (AvgIpc) is 2.32. The highest BCUT2D eigenvalue weighted by Crippen LogP contribution is 2.19. The lowest BCUT2D eigenvalue weighted by Gasteiger charge is -2.08. The van der Waals surface area contributed by atoms with Crippen molar-refractivity contribution in [3.8, 4) is 5.75 Å². The van der Waals surface area contributed by atoms with Gasteiger partial charge >= 0.3 is 5.97 Å². The van der Waals surface area contributed by atoms with E-state index in [9.17, 15) is 9.90 Å². The molecule has 0 atom stereocenters. The lowest BCUT2D eigenvalue weighted by molar-refractivity contribution is -0.142. The summed E-state index contributed by atoms with van der Waals surface area (Å²) < 4.78 is 10.2. The molecule has 4 nitrogen and oxygen atoms in total. The van der Waals surface area contributed by atoms with Gasteiger partial charge in [0.25, 0.3) is 0 Å². The van der Waals surface area contributed by atoms with Crippen LogP contribution < -0.4 is 0 Å². The Hall–Kier alpha value is -1.97. The molecule has 0 bridgehead atoms. The van der Waals surface area contributed by atoms with E-state index in [2.05, 4.69) is 0 Å². The minimum atomic E-state index is -0.480. The van der Waals surface area contributed by atoms with Gasteiger partial charge in [-0.3, -0.25) is 0 Å². The summed E-state index contributed by atoms with van der Waals surface area (Å²) in [6.45, 7) is 6.09. The second kappa shape index (κ2) is 6.69. The Morgan fingerprint density at radius 1 is 1.28 bits per heavy atom. The Kier molecular flexibility index (Phi) is 5.24. The maximum absolute atomic E-state index is 11.7. The Labute approximate surface area is 107 Å². The molecule has 0 spiro atoms. The number of carbonyl (C=O) groups is 1. The molecule has 1 aromatic carbocycles. The molecule has 0 unspecified atom stereocenters. The van der Waals surface area contributed by atoms with E-state index < -0.39 is 5.97 Å². The number of aryl methyl sites for hydroxylation is 1. The molecule has 0 aliphatic heterocycles. The van der Waals surface area contributed by atoms with Gasteiger partial charge in [0.05, 0.1) is 13.2 Å². The van der Waals surface area contributed by atoms with Crippen LogP contribution in [0.3, 0.4) is 0 Å². The van der Waals surface area contributed by atoms with Gasteiger partial charge in [0.2, 0.25) is 5.76 Å². The molecule has 0 saturated heterocycles. The van der Waals surface area contributed by atoms with Crippen LogP contribution in [0.1, 0.15) is 25.0 Å². The Balaban J connectivity index is 3.03. The van der Waals surface area contributed by atoms with Crippen LogP contribution in [0.25, 0.3) is 6.08 Å². The summed E-state index contributed by atoms with van der Waals surface area (Å²) in [5.74, 6) is -0.112. The first-order valence-corrected chi connectivity index (χ1v) is 5.89. The number of benzene rings is 1. The number of esters is 1. The van der Waals surface area contributed by atoms with Crippen LogP contribution >= 0.6 is 0 Å². The standard InChI is InChI=1S/C14H18O4/c1-4-17-13(14(16)18-5-2)9-11-6-7-12(15)8-10(11)3/h6-9,15H,4-5H2,1-3H3/b13-9+. The molecule has 1 aromatic rings. The van der Waals surface area contributed by atoms with Crippen molar-refractivity contribution in [1.82, 2.24) is 0 Å². The van der Waals surface area contributed by atoms with Crippen LogP contribution in [0.15, 0.2) is 24.0 Å². The van der Waals surface area contributed by atoms with Crippen molar-refractivity contribution in [1.29, 1.82) is 0 Å². The van der Waals surface area contributed by atoms with Gasteiger partial charge in [-0.25, -0.2) is 4.79 Å². The third kappa shape index (κ3) is 3.80. The molecule has 4 heteroatoms. The molecule has 0 heterocycles. The maximum atomic E-state index is 11.7. The number of hydrogen-bond donors (Lipinski definition) is 1. The predicted octanol–water partition coefficient (Wildman–Crippen LogP) is 2.64.